The molecule has 1 unspecified atom stereocenters. The van der Waals surface area contributed by atoms with Crippen molar-refractivity contribution in [3.63, 3.8) is 0 Å². The highest BCUT2D eigenvalue weighted by atomic mass is 19.1. The number of rotatable bonds is 6. The zero-order valence-electron chi connectivity index (χ0n) is 11.4. The molecule has 0 spiro atoms. The van der Waals surface area contributed by atoms with E-state index in [4.69, 9.17) is 0 Å². The summed E-state index contributed by atoms with van der Waals surface area (Å²) in [7, 11) is 1.95. The van der Waals surface area contributed by atoms with Crippen LogP contribution in [0.4, 0.5) is 4.39 Å². The molecule has 4 heteroatoms. The molecule has 3 nitrogen and oxygen atoms in total. The van der Waals surface area contributed by atoms with Crippen LogP contribution in [-0.4, -0.2) is 22.4 Å². The van der Waals surface area contributed by atoms with Crippen molar-refractivity contribution in [2.75, 3.05) is 6.54 Å². The topological polar surface area (TPSA) is 29.9 Å². The highest BCUT2D eigenvalue weighted by Crippen LogP contribution is 2.06. The van der Waals surface area contributed by atoms with Crippen molar-refractivity contribution in [2.45, 2.75) is 25.8 Å². The maximum atomic E-state index is 13.1. The molecule has 0 fully saturated rings. The van der Waals surface area contributed by atoms with E-state index in [-0.39, 0.29) is 5.82 Å². The van der Waals surface area contributed by atoms with Crippen molar-refractivity contribution in [2.24, 2.45) is 7.05 Å². The lowest BCUT2D eigenvalue weighted by atomic mass is 10.1. The van der Waals surface area contributed by atoms with Crippen LogP contribution in [-0.2, 0) is 19.9 Å². The number of nitrogens with zero attached hydrogens (tertiary/aromatic N) is 2. The van der Waals surface area contributed by atoms with E-state index in [0.717, 1.165) is 24.9 Å². The van der Waals surface area contributed by atoms with Crippen LogP contribution in [0.25, 0.3) is 0 Å². The zero-order valence-corrected chi connectivity index (χ0v) is 11.4. The van der Waals surface area contributed by atoms with Crippen LogP contribution in [0.2, 0.25) is 0 Å². The summed E-state index contributed by atoms with van der Waals surface area (Å²) in [6.07, 6.45) is 3.60. The minimum atomic E-state index is -0.167. The molecule has 0 saturated carbocycles. The van der Waals surface area contributed by atoms with E-state index < -0.39 is 0 Å². The first-order valence-electron chi connectivity index (χ1n) is 6.60. The maximum absolute atomic E-state index is 13.1. The van der Waals surface area contributed by atoms with Gasteiger partial charge in [-0.15, -0.1) is 0 Å². The van der Waals surface area contributed by atoms with Gasteiger partial charge >= 0.3 is 0 Å². The normalized spacial score (nSPS) is 12.6. The molecule has 2 rings (SSSR count). The van der Waals surface area contributed by atoms with E-state index in [1.54, 1.807) is 12.1 Å². The van der Waals surface area contributed by atoms with Gasteiger partial charge in [0.1, 0.15) is 5.82 Å². The van der Waals surface area contributed by atoms with Gasteiger partial charge in [0.25, 0.3) is 0 Å². The second kappa shape index (κ2) is 6.48. The quantitative estimate of drug-likeness (QED) is 0.865. The molecule has 2 aromatic rings. The van der Waals surface area contributed by atoms with E-state index >= 15 is 0 Å². The first-order valence-corrected chi connectivity index (χ1v) is 6.60. The highest BCUT2D eigenvalue weighted by Gasteiger charge is 2.04. The maximum Gasteiger partial charge on any atom is 0.123 e. The number of hydrogen-bond acceptors (Lipinski definition) is 2. The summed E-state index contributed by atoms with van der Waals surface area (Å²) < 4.78 is 15.0. The van der Waals surface area contributed by atoms with Crippen molar-refractivity contribution in [3.8, 4) is 0 Å². The fourth-order valence-corrected chi connectivity index (χ4v) is 2.18. The summed E-state index contributed by atoms with van der Waals surface area (Å²) >= 11 is 0. The number of benzene rings is 1. The Morgan fingerprint density at radius 2 is 2.21 bits per heavy atom. The number of hydrogen-bond donors (Lipinski definition) is 1. The Morgan fingerprint density at radius 3 is 2.89 bits per heavy atom. The van der Waals surface area contributed by atoms with E-state index in [0.29, 0.717) is 6.04 Å². The Bertz CT molecular complexity index is 522. The fourth-order valence-electron chi connectivity index (χ4n) is 2.18. The van der Waals surface area contributed by atoms with E-state index in [2.05, 4.69) is 17.3 Å². The SMILES string of the molecule is CC(Cc1cccc(F)c1)NCCc1ccnn1C. The molecular formula is C15H20FN3. The van der Waals surface area contributed by atoms with Crippen molar-refractivity contribution < 1.29 is 4.39 Å². The third-order valence-corrected chi connectivity index (χ3v) is 3.23. The van der Waals surface area contributed by atoms with Gasteiger partial charge in [-0.2, -0.15) is 5.10 Å². The van der Waals surface area contributed by atoms with Crippen molar-refractivity contribution >= 4 is 0 Å². The summed E-state index contributed by atoms with van der Waals surface area (Å²) in [5, 5.41) is 7.59. The van der Waals surface area contributed by atoms with Crippen LogP contribution in [0.5, 0.6) is 0 Å². The standard InChI is InChI=1S/C15H20FN3/c1-12(10-13-4-3-5-14(16)11-13)17-8-6-15-7-9-18-19(15)2/h3-5,7,9,11-12,17H,6,8,10H2,1-2H3. The summed E-state index contributed by atoms with van der Waals surface area (Å²) in [4.78, 5) is 0. The Labute approximate surface area is 113 Å². The Balaban J connectivity index is 1.76. The third kappa shape index (κ3) is 4.17. The van der Waals surface area contributed by atoms with Gasteiger partial charge in [0.2, 0.25) is 0 Å². The second-order valence-corrected chi connectivity index (χ2v) is 4.89. The molecule has 1 aromatic heterocycles. The average Bonchev–Trinajstić information content (AvgIpc) is 2.75. The number of aromatic nitrogens is 2. The van der Waals surface area contributed by atoms with Gasteiger partial charge in [-0.1, -0.05) is 12.1 Å². The second-order valence-electron chi connectivity index (χ2n) is 4.89. The van der Waals surface area contributed by atoms with Crippen LogP contribution in [0, 0.1) is 5.82 Å². The molecule has 0 saturated heterocycles. The van der Waals surface area contributed by atoms with Crippen molar-refractivity contribution in [1.29, 1.82) is 0 Å². The zero-order chi connectivity index (χ0) is 13.7. The molecule has 0 aliphatic rings. The molecule has 1 aromatic carbocycles. The van der Waals surface area contributed by atoms with Gasteiger partial charge in [-0.25, -0.2) is 4.39 Å². The monoisotopic (exact) mass is 261 g/mol. The molecule has 0 aliphatic carbocycles. The highest BCUT2D eigenvalue weighted by molar-refractivity contribution is 5.17. The minimum Gasteiger partial charge on any atom is -0.314 e. The summed E-state index contributed by atoms with van der Waals surface area (Å²) in [6, 6.07) is 9.15. The van der Waals surface area contributed by atoms with Crippen molar-refractivity contribution in [1.82, 2.24) is 15.1 Å². The molecule has 102 valence electrons. The molecule has 1 heterocycles. The number of aryl methyl sites for hydroxylation is 1. The molecule has 1 atom stereocenters. The van der Waals surface area contributed by atoms with Gasteiger partial charge in [0, 0.05) is 37.9 Å². The van der Waals surface area contributed by atoms with Crippen LogP contribution in [0.1, 0.15) is 18.2 Å². The molecule has 0 bridgehead atoms. The average molecular weight is 261 g/mol. The van der Waals surface area contributed by atoms with Crippen LogP contribution < -0.4 is 5.32 Å². The molecular weight excluding hydrogens is 241 g/mol. The number of halogens is 1. The van der Waals surface area contributed by atoms with Gasteiger partial charge in [0.15, 0.2) is 0 Å². The van der Waals surface area contributed by atoms with Crippen LogP contribution in [0.15, 0.2) is 36.5 Å². The van der Waals surface area contributed by atoms with E-state index in [9.17, 15) is 4.39 Å². The Morgan fingerprint density at radius 1 is 1.37 bits per heavy atom. The molecule has 0 radical (unpaired) electrons. The lowest BCUT2D eigenvalue weighted by molar-refractivity contribution is 0.537. The van der Waals surface area contributed by atoms with Crippen LogP contribution in [0.3, 0.4) is 0 Å². The van der Waals surface area contributed by atoms with Gasteiger partial charge in [-0.05, 0) is 37.1 Å². The first-order chi connectivity index (χ1) is 9.15. The molecule has 0 aliphatic heterocycles. The first kappa shape index (κ1) is 13.7. The molecule has 19 heavy (non-hydrogen) atoms. The fraction of sp³-hybridized carbons (Fsp3) is 0.400. The smallest absolute Gasteiger partial charge is 0.123 e. The summed E-state index contributed by atoms with van der Waals surface area (Å²) in [5.41, 5.74) is 2.24. The number of nitrogens with one attached hydrogen (secondary N) is 1. The van der Waals surface area contributed by atoms with Gasteiger partial charge < -0.3 is 5.32 Å². The van der Waals surface area contributed by atoms with Crippen molar-refractivity contribution in [3.05, 3.63) is 53.6 Å². The summed E-state index contributed by atoms with van der Waals surface area (Å²) in [5.74, 6) is -0.167. The summed E-state index contributed by atoms with van der Waals surface area (Å²) in [6.45, 7) is 3.02. The Hall–Kier alpha value is -1.68. The van der Waals surface area contributed by atoms with Crippen LogP contribution >= 0.6 is 0 Å². The van der Waals surface area contributed by atoms with Gasteiger partial charge in [0.05, 0.1) is 0 Å². The molecule has 1 N–H and O–H groups in total. The van der Waals surface area contributed by atoms with Gasteiger partial charge in [-0.3, -0.25) is 4.68 Å². The predicted molar refractivity (Wildman–Crippen MR) is 74.5 cm³/mol. The molecule has 0 amide bonds. The lowest BCUT2D eigenvalue weighted by Crippen LogP contribution is -2.30. The van der Waals surface area contributed by atoms with E-state index in [1.165, 1.54) is 11.8 Å². The largest absolute Gasteiger partial charge is 0.314 e. The lowest BCUT2D eigenvalue weighted by Gasteiger charge is -2.14. The third-order valence-electron chi connectivity index (χ3n) is 3.23. The minimum absolute atomic E-state index is 0.167. The van der Waals surface area contributed by atoms with E-state index in [1.807, 2.05) is 30.1 Å². The predicted octanol–water partition coefficient (Wildman–Crippen LogP) is 2.32. The Kier molecular flexibility index (Phi) is 4.68.